The van der Waals surface area contributed by atoms with Crippen molar-refractivity contribution >= 4 is 29.3 Å². The quantitative estimate of drug-likeness (QED) is 0.667. The Balaban J connectivity index is 1.85. The van der Waals surface area contributed by atoms with Gasteiger partial charge in [-0.2, -0.15) is 0 Å². The molecule has 0 unspecified atom stereocenters. The van der Waals surface area contributed by atoms with Gasteiger partial charge in [0.2, 0.25) is 0 Å². The zero-order valence-corrected chi connectivity index (χ0v) is 10.8. The molecule has 6 nitrogen and oxygen atoms in total. The molecular weight excluding hydrogens is 270 g/mol. The van der Waals surface area contributed by atoms with Crippen molar-refractivity contribution < 1.29 is 14.7 Å². The number of hydrogen-bond acceptors (Lipinski definition) is 3. The maximum atomic E-state index is 11.6. The second-order valence-corrected chi connectivity index (χ2v) is 4.94. The van der Waals surface area contributed by atoms with Crippen LogP contribution in [0.4, 0.5) is 10.5 Å². The number of benzene rings is 1. The lowest BCUT2D eigenvalue weighted by Crippen LogP contribution is -2.63. The van der Waals surface area contributed by atoms with Crippen LogP contribution in [0.3, 0.4) is 0 Å². The summed E-state index contributed by atoms with van der Waals surface area (Å²) in [5, 5.41) is 17.7. The average Bonchev–Trinajstić information content (AvgIpc) is 2.30. The molecule has 1 saturated heterocycles. The molecule has 0 atom stereocenters. The number of halogens is 1. The summed E-state index contributed by atoms with van der Waals surface area (Å²) in [6.07, 6.45) is 0. The maximum absolute atomic E-state index is 11.6. The molecule has 0 aromatic heterocycles. The number of carboxylic acids is 1. The lowest BCUT2D eigenvalue weighted by molar-refractivity contribution is -0.151. The zero-order valence-electron chi connectivity index (χ0n) is 10.1. The van der Waals surface area contributed by atoms with Gasteiger partial charge in [0, 0.05) is 30.3 Å². The van der Waals surface area contributed by atoms with Crippen LogP contribution in [-0.2, 0) is 4.79 Å². The highest BCUT2D eigenvalue weighted by molar-refractivity contribution is 6.30. The molecule has 2 rings (SSSR count). The Morgan fingerprint density at radius 3 is 2.42 bits per heavy atom. The molecule has 1 aromatic rings. The summed E-state index contributed by atoms with van der Waals surface area (Å²) < 4.78 is 0. The van der Waals surface area contributed by atoms with E-state index in [0.29, 0.717) is 23.8 Å². The molecule has 0 aliphatic carbocycles. The van der Waals surface area contributed by atoms with Crippen molar-refractivity contribution in [3.63, 3.8) is 0 Å². The van der Waals surface area contributed by atoms with E-state index in [1.165, 1.54) is 0 Å². The Morgan fingerprint density at radius 2 is 1.95 bits per heavy atom. The summed E-state index contributed by atoms with van der Waals surface area (Å²) in [6, 6.07) is 6.21. The molecule has 1 aliphatic heterocycles. The monoisotopic (exact) mass is 283 g/mol. The van der Waals surface area contributed by atoms with Crippen LogP contribution in [0.25, 0.3) is 0 Å². The minimum Gasteiger partial charge on any atom is -0.481 e. The molecule has 1 aliphatic rings. The minimum atomic E-state index is -0.905. The molecule has 1 aromatic carbocycles. The molecule has 1 fully saturated rings. The molecule has 19 heavy (non-hydrogen) atoms. The van der Waals surface area contributed by atoms with Crippen molar-refractivity contribution in [1.82, 2.24) is 10.6 Å². The van der Waals surface area contributed by atoms with E-state index in [1.54, 1.807) is 24.3 Å². The third-order valence-electron chi connectivity index (χ3n) is 3.07. The number of carboxylic acid groups (broad SMARTS) is 1. The SMILES string of the molecule is O=C(NCC1(C(=O)O)CNC1)Nc1ccc(Cl)cc1. The number of hydrogen-bond donors (Lipinski definition) is 4. The van der Waals surface area contributed by atoms with Crippen LogP contribution >= 0.6 is 11.6 Å². The van der Waals surface area contributed by atoms with E-state index in [9.17, 15) is 9.59 Å². The Bertz CT molecular complexity index is 485. The van der Waals surface area contributed by atoms with E-state index < -0.39 is 17.4 Å². The fourth-order valence-corrected chi connectivity index (χ4v) is 1.86. The number of rotatable bonds is 4. The fourth-order valence-electron chi connectivity index (χ4n) is 1.74. The lowest BCUT2D eigenvalue weighted by Gasteiger charge is -2.38. The molecule has 4 N–H and O–H groups in total. The van der Waals surface area contributed by atoms with Crippen LogP contribution in [0.1, 0.15) is 0 Å². The van der Waals surface area contributed by atoms with Crippen molar-refractivity contribution in [2.45, 2.75) is 0 Å². The number of carbonyl (C=O) groups excluding carboxylic acids is 1. The number of aliphatic carboxylic acids is 1. The molecule has 0 saturated carbocycles. The van der Waals surface area contributed by atoms with E-state index in [1.807, 2.05) is 0 Å². The average molecular weight is 284 g/mol. The third-order valence-corrected chi connectivity index (χ3v) is 3.32. The van der Waals surface area contributed by atoms with Gasteiger partial charge in [0.25, 0.3) is 0 Å². The van der Waals surface area contributed by atoms with Gasteiger partial charge in [-0.1, -0.05) is 11.6 Å². The number of nitrogens with one attached hydrogen (secondary N) is 3. The predicted octanol–water partition coefficient (Wildman–Crippen LogP) is 1.14. The van der Waals surface area contributed by atoms with E-state index >= 15 is 0 Å². The first kappa shape index (κ1) is 13.6. The van der Waals surface area contributed by atoms with Crippen LogP contribution < -0.4 is 16.0 Å². The van der Waals surface area contributed by atoms with Gasteiger partial charge < -0.3 is 21.1 Å². The van der Waals surface area contributed by atoms with Crippen LogP contribution in [-0.4, -0.2) is 36.7 Å². The van der Waals surface area contributed by atoms with Crippen LogP contribution in [0.5, 0.6) is 0 Å². The van der Waals surface area contributed by atoms with Crippen molar-refractivity contribution in [2.24, 2.45) is 5.41 Å². The van der Waals surface area contributed by atoms with Gasteiger partial charge in [-0.15, -0.1) is 0 Å². The van der Waals surface area contributed by atoms with Gasteiger partial charge in [0.15, 0.2) is 0 Å². The van der Waals surface area contributed by atoms with Crippen LogP contribution in [0.2, 0.25) is 5.02 Å². The van der Waals surface area contributed by atoms with Gasteiger partial charge in [0.1, 0.15) is 5.41 Å². The highest BCUT2D eigenvalue weighted by Crippen LogP contribution is 2.21. The smallest absolute Gasteiger partial charge is 0.319 e. The van der Waals surface area contributed by atoms with Crippen LogP contribution in [0.15, 0.2) is 24.3 Å². The van der Waals surface area contributed by atoms with Gasteiger partial charge >= 0.3 is 12.0 Å². The molecule has 7 heteroatoms. The predicted molar refractivity (Wildman–Crippen MR) is 71.4 cm³/mol. The molecule has 1 heterocycles. The third kappa shape index (κ3) is 3.15. The Hall–Kier alpha value is -1.79. The van der Waals surface area contributed by atoms with Gasteiger partial charge in [-0.05, 0) is 24.3 Å². The summed E-state index contributed by atoms with van der Waals surface area (Å²) >= 11 is 5.73. The van der Waals surface area contributed by atoms with Crippen molar-refractivity contribution in [2.75, 3.05) is 25.0 Å². The van der Waals surface area contributed by atoms with E-state index in [-0.39, 0.29) is 6.54 Å². The molecular formula is C12H14ClN3O3. The summed E-state index contributed by atoms with van der Waals surface area (Å²) in [6.45, 7) is 0.821. The Kier molecular flexibility index (Phi) is 3.92. The zero-order chi connectivity index (χ0) is 13.9. The van der Waals surface area contributed by atoms with Crippen molar-refractivity contribution in [3.8, 4) is 0 Å². The number of anilines is 1. The first-order valence-corrected chi connectivity index (χ1v) is 6.14. The summed E-state index contributed by atoms with van der Waals surface area (Å²) in [7, 11) is 0. The minimum absolute atomic E-state index is 0.0920. The lowest BCUT2D eigenvalue weighted by atomic mass is 9.82. The van der Waals surface area contributed by atoms with Gasteiger partial charge in [-0.3, -0.25) is 4.79 Å². The van der Waals surface area contributed by atoms with Crippen molar-refractivity contribution in [3.05, 3.63) is 29.3 Å². The largest absolute Gasteiger partial charge is 0.481 e. The second kappa shape index (κ2) is 5.46. The number of carbonyl (C=O) groups is 2. The topological polar surface area (TPSA) is 90.5 Å². The molecule has 102 valence electrons. The standard InChI is InChI=1S/C12H14ClN3O3/c13-8-1-3-9(4-2-8)16-11(19)15-7-12(10(17)18)5-14-6-12/h1-4,14H,5-7H2,(H,17,18)(H2,15,16,19). The maximum Gasteiger partial charge on any atom is 0.319 e. The van der Waals surface area contributed by atoms with Gasteiger partial charge in [0.05, 0.1) is 0 Å². The van der Waals surface area contributed by atoms with Gasteiger partial charge in [-0.25, -0.2) is 4.79 Å². The molecule has 2 amide bonds. The summed E-state index contributed by atoms with van der Waals surface area (Å²) in [5.74, 6) is -0.905. The van der Waals surface area contributed by atoms with Crippen LogP contribution in [0, 0.1) is 5.41 Å². The number of urea groups is 1. The normalized spacial score (nSPS) is 16.3. The fraction of sp³-hybridized carbons (Fsp3) is 0.333. The highest BCUT2D eigenvalue weighted by atomic mass is 35.5. The molecule has 0 radical (unpaired) electrons. The van der Waals surface area contributed by atoms with E-state index in [0.717, 1.165) is 0 Å². The molecule has 0 spiro atoms. The first-order chi connectivity index (χ1) is 9.02. The van der Waals surface area contributed by atoms with E-state index in [2.05, 4.69) is 16.0 Å². The summed E-state index contributed by atoms with van der Waals surface area (Å²) in [4.78, 5) is 22.7. The summed E-state index contributed by atoms with van der Waals surface area (Å²) in [5.41, 5.74) is -0.296. The molecule has 0 bridgehead atoms. The second-order valence-electron chi connectivity index (χ2n) is 4.50. The first-order valence-electron chi connectivity index (χ1n) is 5.76. The highest BCUT2D eigenvalue weighted by Gasteiger charge is 2.44. The van der Waals surface area contributed by atoms with E-state index in [4.69, 9.17) is 16.7 Å². The Labute approximate surface area is 115 Å². The number of amides is 2. The van der Waals surface area contributed by atoms with Crippen molar-refractivity contribution in [1.29, 1.82) is 0 Å². The Morgan fingerprint density at radius 1 is 1.32 bits per heavy atom.